The highest BCUT2D eigenvalue weighted by atomic mass is 16.4. The van der Waals surface area contributed by atoms with Crippen molar-refractivity contribution in [1.82, 2.24) is 4.98 Å². The third kappa shape index (κ3) is 2.43. The molecule has 3 rings (SSSR count). The van der Waals surface area contributed by atoms with Crippen LogP contribution in [0.5, 0.6) is 0 Å². The molecule has 1 aromatic heterocycles. The Morgan fingerprint density at radius 3 is 3.00 bits per heavy atom. The lowest BCUT2D eigenvalue weighted by Gasteiger charge is -2.31. The Balaban J connectivity index is 1.93. The van der Waals surface area contributed by atoms with E-state index in [1.807, 2.05) is 18.2 Å². The van der Waals surface area contributed by atoms with Crippen LogP contribution < -0.4 is 4.90 Å². The minimum Gasteiger partial charge on any atom is -0.478 e. The van der Waals surface area contributed by atoms with Crippen LogP contribution >= 0.6 is 0 Å². The van der Waals surface area contributed by atoms with Crippen molar-refractivity contribution in [2.45, 2.75) is 13.0 Å². The Labute approximate surface area is 122 Å². The quantitative estimate of drug-likeness (QED) is 0.912. The molecule has 5 heteroatoms. The summed E-state index contributed by atoms with van der Waals surface area (Å²) in [6.45, 7) is 1.37. The predicted octanol–water partition coefficient (Wildman–Crippen LogP) is 2.21. The fourth-order valence-electron chi connectivity index (χ4n) is 2.71. The van der Waals surface area contributed by atoms with E-state index in [0.29, 0.717) is 24.2 Å². The van der Waals surface area contributed by atoms with Gasteiger partial charge in [-0.25, -0.2) is 9.78 Å². The summed E-state index contributed by atoms with van der Waals surface area (Å²) >= 11 is 0. The van der Waals surface area contributed by atoms with Gasteiger partial charge in [0.2, 0.25) is 0 Å². The van der Waals surface area contributed by atoms with E-state index in [2.05, 4.69) is 9.88 Å². The van der Waals surface area contributed by atoms with E-state index < -0.39 is 5.97 Å². The number of anilines is 1. The van der Waals surface area contributed by atoms with Gasteiger partial charge in [-0.1, -0.05) is 12.1 Å². The topological polar surface area (TPSA) is 77.2 Å². The Morgan fingerprint density at radius 1 is 1.38 bits per heavy atom. The summed E-state index contributed by atoms with van der Waals surface area (Å²) in [4.78, 5) is 17.4. The summed E-state index contributed by atoms with van der Waals surface area (Å²) in [7, 11) is 0. The first-order valence-electron chi connectivity index (χ1n) is 6.64. The van der Waals surface area contributed by atoms with Crippen molar-refractivity contribution in [2.75, 3.05) is 11.4 Å². The molecule has 0 unspecified atom stereocenters. The van der Waals surface area contributed by atoms with Crippen molar-refractivity contribution in [1.29, 1.82) is 5.26 Å². The number of benzene rings is 1. The van der Waals surface area contributed by atoms with Crippen molar-refractivity contribution in [3.63, 3.8) is 0 Å². The summed E-state index contributed by atoms with van der Waals surface area (Å²) in [5, 5.41) is 18.2. The number of aromatic carboxylic acids is 1. The zero-order valence-corrected chi connectivity index (χ0v) is 11.3. The molecular formula is C16H13N3O2. The first-order valence-corrected chi connectivity index (χ1v) is 6.64. The second kappa shape index (κ2) is 5.25. The van der Waals surface area contributed by atoms with Crippen molar-refractivity contribution in [3.05, 3.63) is 58.9 Å². The summed E-state index contributed by atoms with van der Waals surface area (Å²) in [6, 6.07) is 11.0. The van der Waals surface area contributed by atoms with Gasteiger partial charge in [-0.3, -0.25) is 0 Å². The first kappa shape index (κ1) is 13.1. The molecule has 0 spiro atoms. The molecule has 0 bridgehead atoms. The second-order valence-electron chi connectivity index (χ2n) is 4.93. The van der Waals surface area contributed by atoms with E-state index in [-0.39, 0.29) is 0 Å². The SMILES string of the molecule is N#Cc1cc(N2CCc3c(cccc3C(=O)O)C2)ccn1. The smallest absolute Gasteiger partial charge is 0.335 e. The standard InChI is InChI=1S/C16H13N3O2/c17-9-12-8-13(4-6-18-12)19-7-5-14-11(10-19)2-1-3-15(14)16(20)21/h1-4,6,8H,5,7,10H2,(H,20,21). The molecule has 1 aliphatic heterocycles. The molecule has 0 fully saturated rings. The first-order chi connectivity index (χ1) is 10.2. The van der Waals surface area contributed by atoms with Gasteiger partial charge >= 0.3 is 5.97 Å². The number of hydrogen-bond acceptors (Lipinski definition) is 4. The fourth-order valence-corrected chi connectivity index (χ4v) is 2.71. The minimum atomic E-state index is -0.879. The van der Waals surface area contributed by atoms with Crippen LogP contribution in [-0.2, 0) is 13.0 Å². The number of hydrogen-bond donors (Lipinski definition) is 1. The monoisotopic (exact) mass is 279 g/mol. The lowest BCUT2D eigenvalue weighted by Crippen LogP contribution is -2.31. The van der Waals surface area contributed by atoms with Crippen LogP contribution in [0.15, 0.2) is 36.5 Å². The average molecular weight is 279 g/mol. The van der Waals surface area contributed by atoms with Crippen LogP contribution in [0.3, 0.4) is 0 Å². The van der Waals surface area contributed by atoms with E-state index in [1.165, 1.54) is 0 Å². The summed E-state index contributed by atoms with van der Waals surface area (Å²) < 4.78 is 0. The molecule has 0 atom stereocenters. The maximum Gasteiger partial charge on any atom is 0.335 e. The Bertz CT molecular complexity index is 749. The van der Waals surface area contributed by atoms with Crippen molar-refractivity contribution < 1.29 is 9.90 Å². The van der Waals surface area contributed by atoms with E-state index in [0.717, 1.165) is 23.4 Å². The molecular weight excluding hydrogens is 266 g/mol. The van der Waals surface area contributed by atoms with Crippen LogP contribution in [0.25, 0.3) is 0 Å². The number of carbonyl (C=O) groups is 1. The number of nitrogens with zero attached hydrogens (tertiary/aromatic N) is 3. The van der Waals surface area contributed by atoms with Crippen molar-refractivity contribution >= 4 is 11.7 Å². The van der Waals surface area contributed by atoms with Gasteiger partial charge in [-0.05, 0) is 35.7 Å². The van der Waals surface area contributed by atoms with Gasteiger partial charge in [0, 0.05) is 25.0 Å². The summed E-state index contributed by atoms with van der Waals surface area (Å²) in [5.74, 6) is -0.879. The summed E-state index contributed by atoms with van der Waals surface area (Å²) in [5.41, 5.74) is 3.65. The van der Waals surface area contributed by atoms with Gasteiger partial charge in [0.25, 0.3) is 0 Å². The van der Waals surface area contributed by atoms with Gasteiger partial charge in [0.15, 0.2) is 0 Å². The van der Waals surface area contributed by atoms with Gasteiger partial charge in [-0.15, -0.1) is 0 Å². The fraction of sp³-hybridized carbons (Fsp3) is 0.188. The van der Waals surface area contributed by atoms with Gasteiger partial charge in [0.1, 0.15) is 11.8 Å². The number of nitriles is 1. The predicted molar refractivity (Wildman–Crippen MR) is 77.1 cm³/mol. The number of carboxylic acids is 1. The highest BCUT2D eigenvalue weighted by Crippen LogP contribution is 2.26. The van der Waals surface area contributed by atoms with Crippen molar-refractivity contribution in [3.8, 4) is 6.07 Å². The zero-order chi connectivity index (χ0) is 14.8. The Morgan fingerprint density at radius 2 is 2.24 bits per heavy atom. The normalized spacial score (nSPS) is 13.4. The zero-order valence-electron chi connectivity index (χ0n) is 11.3. The Hall–Kier alpha value is -2.87. The molecule has 21 heavy (non-hydrogen) atoms. The lowest BCUT2D eigenvalue weighted by atomic mass is 9.94. The average Bonchev–Trinajstić information content (AvgIpc) is 2.53. The molecule has 1 aromatic carbocycles. The molecule has 0 aliphatic carbocycles. The Kier molecular flexibility index (Phi) is 3.28. The van der Waals surface area contributed by atoms with Gasteiger partial charge in [-0.2, -0.15) is 5.26 Å². The largest absolute Gasteiger partial charge is 0.478 e. The van der Waals surface area contributed by atoms with Gasteiger partial charge < -0.3 is 10.0 Å². The highest BCUT2D eigenvalue weighted by molar-refractivity contribution is 5.90. The molecule has 1 N–H and O–H groups in total. The lowest BCUT2D eigenvalue weighted by molar-refractivity contribution is 0.0695. The number of rotatable bonds is 2. The number of pyridine rings is 1. The van der Waals surface area contributed by atoms with Crippen LogP contribution in [0.2, 0.25) is 0 Å². The second-order valence-corrected chi connectivity index (χ2v) is 4.93. The van der Waals surface area contributed by atoms with Crippen molar-refractivity contribution in [2.24, 2.45) is 0 Å². The number of aromatic nitrogens is 1. The summed E-state index contributed by atoms with van der Waals surface area (Å²) in [6.07, 6.45) is 2.30. The molecule has 5 nitrogen and oxygen atoms in total. The van der Waals surface area contributed by atoms with E-state index in [1.54, 1.807) is 24.4 Å². The molecule has 0 amide bonds. The molecule has 1 aliphatic rings. The minimum absolute atomic E-state index is 0.387. The van der Waals surface area contributed by atoms with E-state index in [4.69, 9.17) is 5.26 Å². The van der Waals surface area contributed by atoms with E-state index >= 15 is 0 Å². The maximum atomic E-state index is 11.3. The van der Waals surface area contributed by atoms with E-state index in [9.17, 15) is 9.90 Å². The molecule has 2 heterocycles. The number of carboxylic acid groups (broad SMARTS) is 1. The maximum absolute atomic E-state index is 11.3. The van der Waals surface area contributed by atoms with Gasteiger partial charge in [0.05, 0.1) is 5.56 Å². The molecule has 104 valence electrons. The van der Waals surface area contributed by atoms with Crippen LogP contribution in [-0.4, -0.2) is 22.6 Å². The number of fused-ring (bicyclic) bond motifs is 1. The third-order valence-corrected chi connectivity index (χ3v) is 3.72. The van der Waals surface area contributed by atoms with Crippen LogP contribution in [0.1, 0.15) is 27.2 Å². The molecule has 0 saturated carbocycles. The molecule has 2 aromatic rings. The van der Waals surface area contributed by atoms with Crippen LogP contribution in [0, 0.1) is 11.3 Å². The highest BCUT2D eigenvalue weighted by Gasteiger charge is 2.21. The van der Waals surface area contributed by atoms with Crippen LogP contribution in [0.4, 0.5) is 5.69 Å². The third-order valence-electron chi connectivity index (χ3n) is 3.72. The molecule has 0 radical (unpaired) electrons. The molecule has 0 saturated heterocycles.